The molecule has 0 aliphatic rings. The lowest BCUT2D eigenvalue weighted by molar-refractivity contribution is 1.42. The number of hydrogen-bond donors (Lipinski definition) is 4. The van der Waals surface area contributed by atoms with Crippen molar-refractivity contribution in [3.05, 3.63) is 70.8 Å². The van der Waals surface area contributed by atoms with Crippen molar-refractivity contribution >= 4 is 36.2 Å². The Bertz CT molecular complexity index is 598. The molecule has 2 aromatic rings. The summed E-state index contributed by atoms with van der Waals surface area (Å²) < 4.78 is 0. The van der Waals surface area contributed by atoms with Crippen LogP contribution in [0.2, 0.25) is 0 Å². The van der Waals surface area contributed by atoms with Gasteiger partial charge in [0.1, 0.15) is 11.7 Å². The smallest absolute Gasteiger partial charge is 0.122 e. The Balaban J connectivity index is 0.00000220. The van der Waals surface area contributed by atoms with Crippen molar-refractivity contribution in [2.45, 2.75) is 0 Å². The third kappa shape index (κ3) is 4.47. The second-order valence-corrected chi connectivity index (χ2v) is 4.40. The molecule has 5 heteroatoms. The lowest BCUT2D eigenvalue weighted by atomic mass is 10.1. The van der Waals surface area contributed by atoms with Crippen molar-refractivity contribution in [1.29, 1.82) is 10.8 Å². The number of rotatable bonds is 4. The van der Waals surface area contributed by atoms with Gasteiger partial charge in [-0.05, 0) is 11.1 Å². The minimum Gasteiger partial charge on any atom is -0.384 e. The summed E-state index contributed by atoms with van der Waals surface area (Å²) in [6.07, 6.45) is 3.96. The first-order valence-corrected chi connectivity index (χ1v) is 6.13. The lowest BCUT2D eigenvalue weighted by Gasteiger charge is -2.00. The first kappa shape index (κ1) is 16.5. The van der Waals surface area contributed by atoms with Crippen LogP contribution in [0.3, 0.4) is 0 Å². The van der Waals surface area contributed by atoms with Gasteiger partial charge in [0.2, 0.25) is 0 Å². The molecule has 0 unspecified atom stereocenters. The van der Waals surface area contributed by atoms with E-state index in [-0.39, 0.29) is 24.1 Å². The van der Waals surface area contributed by atoms with E-state index in [1.807, 2.05) is 60.7 Å². The fourth-order valence-electron chi connectivity index (χ4n) is 1.74. The van der Waals surface area contributed by atoms with Crippen molar-refractivity contribution in [3.63, 3.8) is 0 Å². The summed E-state index contributed by atoms with van der Waals surface area (Å²) in [7, 11) is 0. The van der Waals surface area contributed by atoms with Crippen molar-refractivity contribution in [2.75, 3.05) is 0 Å². The summed E-state index contributed by atoms with van der Waals surface area (Å²) in [4.78, 5) is 0. The number of nitrogens with two attached hydrogens (primary N) is 2. The standard InChI is InChI=1S/C16H16N4.ClH/c17-15(18)13-7-3-11(4-8-13)1-2-12-5-9-14(10-6-12)16(19)20;/h1-10H,(H3,17,18)(H3,19,20);1H/b2-1+;. The second-order valence-electron chi connectivity index (χ2n) is 4.40. The molecule has 0 heterocycles. The zero-order chi connectivity index (χ0) is 14.5. The van der Waals surface area contributed by atoms with Gasteiger partial charge < -0.3 is 11.5 Å². The van der Waals surface area contributed by atoms with Crippen molar-refractivity contribution < 1.29 is 0 Å². The Hall–Kier alpha value is -2.59. The Kier molecular flexibility index (Phi) is 5.69. The summed E-state index contributed by atoms with van der Waals surface area (Å²) in [5.41, 5.74) is 14.3. The number of hydrogen-bond acceptors (Lipinski definition) is 2. The summed E-state index contributed by atoms with van der Waals surface area (Å²) >= 11 is 0. The van der Waals surface area contributed by atoms with E-state index in [0.29, 0.717) is 11.1 Å². The number of benzene rings is 2. The highest BCUT2D eigenvalue weighted by Crippen LogP contribution is 2.10. The summed E-state index contributed by atoms with van der Waals surface area (Å²) in [5.74, 6) is 0.140. The quantitative estimate of drug-likeness (QED) is 0.396. The van der Waals surface area contributed by atoms with E-state index < -0.39 is 0 Å². The molecule has 0 fully saturated rings. The van der Waals surface area contributed by atoms with Crippen LogP contribution in [0.25, 0.3) is 12.2 Å². The first-order valence-electron chi connectivity index (χ1n) is 6.13. The lowest BCUT2D eigenvalue weighted by Crippen LogP contribution is -2.10. The van der Waals surface area contributed by atoms with Crippen LogP contribution in [0.15, 0.2) is 48.5 Å². The first-order chi connectivity index (χ1) is 9.56. The summed E-state index contributed by atoms with van der Waals surface area (Å²) in [6, 6.07) is 14.9. The Morgan fingerprint density at radius 3 is 1.19 bits per heavy atom. The van der Waals surface area contributed by atoms with E-state index in [2.05, 4.69) is 0 Å². The van der Waals surface area contributed by atoms with Crippen molar-refractivity contribution in [3.8, 4) is 0 Å². The molecule has 0 radical (unpaired) electrons. The topological polar surface area (TPSA) is 99.7 Å². The predicted molar refractivity (Wildman–Crippen MR) is 91.1 cm³/mol. The number of nitrogens with one attached hydrogen (secondary N) is 2. The van der Waals surface area contributed by atoms with E-state index in [1.165, 1.54) is 0 Å². The average molecular weight is 301 g/mol. The van der Waals surface area contributed by atoms with Crippen LogP contribution < -0.4 is 11.5 Å². The third-order valence-corrected chi connectivity index (χ3v) is 2.91. The molecular formula is C16H17ClN4. The van der Waals surface area contributed by atoms with Gasteiger partial charge in [-0.3, -0.25) is 10.8 Å². The highest BCUT2D eigenvalue weighted by molar-refractivity contribution is 5.95. The molecule has 108 valence electrons. The molecule has 21 heavy (non-hydrogen) atoms. The van der Waals surface area contributed by atoms with Gasteiger partial charge in [0.15, 0.2) is 0 Å². The predicted octanol–water partition coefficient (Wildman–Crippen LogP) is 2.85. The molecule has 0 atom stereocenters. The SMILES string of the molecule is Cl.N=C(N)c1ccc(/C=C/c2ccc(C(=N)N)cc2)cc1. The van der Waals surface area contributed by atoms with Gasteiger partial charge in [0.25, 0.3) is 0 Å². The molecule has 0 aliphatic heterocycles. The molecule has 0 aromatic heterocycles. The Labute approximate surface area is 129 Å². The molecular weight excluding hydrogens is 284 g/mol. The van der Waals surface area contributed by atoms with Crippen molar-refractivity contribution in [1.82, 2.24) is 0 Å². The van der Waals surface area contributed by atoms with Gasteiger partial charge in [-0.15, -0.1) is 12.4 Å². The molecule has 0 bridgehead atoms. The fraction of sp³-hybridized carbons (Fsp3) is 0. The van der Waals surface area contributed by atoms with E-state index in [1.54, 1.807) is 0 Å². The molecule has 4 nitrogen and oxygen atoms in total. The average Bonchev–Trinajstić information content (AvgIpc) is 2.46. The van der Waals surface area contributed by atoms with Crippen LogP contribution in [-0.2, 0) is 0 Å². The summed E-state index contributed by atoms with van der Waals surface area (Å²) in [6.45, 7) is 0. The van der Waals surface area contributed by atoms with Crippen molar-refractivity contribution in [2.24, 2.45) is 11.5 Å². The Morgan fingerprint density at radius 1 is 0.667 bits per heavy atom. The van der Waals surface area contributed by atoms with Gasteiger partial charge in [-0.25, -0.2) is 0 Å². The normalized spacial score (nSPS) is 10.1. The van der Waals surface area contributed by atoms with Crippen LogP contribution in [-0.4, -0.2) is 11.7 Å². The van der Waals surface area contributed by atoms with Crippen LogP contribution in [0.5, 0.6) is 0 Å². The zero-order valence-electron chi connectivity index (χ0n) is 11.3. The molecule has 0 spiro atoms. The van der Waals surface area contributed by atoms with Gasteiger partial charge in [0.05, 0.1) is 0 Å². The van der Waals surface area contributed by atoms with Gasteiger partial charge in [-0.2, -0.15) is 0 Å². The van der Waals surface area contributed by atoms with E-state index in [0.717, 1.165) is 11.1 Å². The van der Waals surface area contributed by atoms with Crippen LogP contribution in [0.1, 0.15) is 22.3 Å². The molecule has 2 rings (SSSR count). The van der Waals surface area contributed by atoms with Gasteiger partial charge in [-0.1, -0.05) is 60.7 Å². The Morgan fingerprint density at radius 2 is 0.952 bits per heavy atom. The molecule has 0 amide bonds. The fourth-order valence-corrected chi connectivity index (χ4v) is 1.74. The summed E-state index contributed by atoms with van der Waals surface area (Å²) in [5, 5.41) is 14.7. The van der Waals surface area contributed by atoms with Crippen LogP contribution in [0.4, 0.5) is 0 Å². The highest BCUT2D eigenvalue weighted by Gasteiger charge is 1.96. The maximum atomic E-state index is 7.33. The molecule has 2 aromatic carbocycles. The van der Waals surface area contributed by atoms with E-state index >= 15 is 0 Å². The molecule has 0 saturated carbocycles. The van der Waals surface area contributed by atoms with Crippen LogP contribution >= 0.6 is 12.4 Å². The monoisotopic (exact) mass is 300 g/mol. The van der Waals surface area contributed by atoms with Crippen LogP contribution in [0, 0.1) is 10.8 Å². The maximum Gasteiger partial charge on any atom is 0.122 e. The minimum absolute atomic E-state index is 0. The van der Waals surface area contributed by atoms with E-state index in [9.17, 15) is 0 Å². The highest BCUT2D eigenvalue weighted by atomic mass is 35.5. The molecule has 6 N–H and O–H groups in total. The third-order valence-electron chi connectivity index (χ3n) is 2.91. The number of nitrogen functional groups attached to an aromatic ring is 2. The minimum atomic E-state index is 0. The number of halogens is 1. The largest absolute Gasteiger partial charge is 0.384 e. The maximum absolute atomic E-state index is 7.33. The molecule has 0 aliphatic carbocycles. The van der Waals surface area contributed by atoms with E-state index in [4.69, 9.17) is 22.3 Å². The van der Waals surface area contributed by atoms with Gasteiger partial charge >= 0.3 is 0 Å². The molecule has 0 saturated heterocycles. The van der Waals surface area contributed by atoms with Gasteiger partial charge in [0, 0.05) is 11.1 Å². The second kappa shape index (κ2) is 7.26. The number of amidine groups is 2. The zero-order valence-corrected chi connectivity index (χ0v) is 12.2.